The minimum Gasteiger partial charge on any atom is -0.371 e. The number of amides is 1. The van der Waals surface area contributed by atoms with Gasteiger partial charge in [-0.15, -0.1) is 0 Å². The molecule has 2 aromatic rings. The Bertz CT molecular complexity index is 705. The number of anilines is 1. The first-order valence-electron chi connectivity index (χ1n) is 8.23. The van der Waals surface area contributed by atoms with Gasteiger partial charge in [0.15, 0.2) is 0 Å². The first-order chi connectivity index (χ1) is 11.7. The van der Waals surface area contributed by atoms with Crippen LogP contribution in [0.4, 0.5) is 5.95 Å². The van der Waals surface area contributed by atoms with Crippen molar-refractivity contribution in [3.8, 4) is 0 Å². The summed E-state index contributed by atoms with van der Waals surface area (Å²) in [6.07, 6.45) is 7.03. The second kappa shape index (κ2) is 5.90. The van der Waals surface area contributed by atoms with Crippen molar-refractivity contribution in [2.75, 3.05) is 31.6 Å². The van der Waals surface area contributed by atoms with Gasteiger partial charge in [0.25, 0.3) is 5.91 Å². The largest absolute Gasteiger partial charge is 0.371 e. The van der Waals surface area contributed by atoms with E-state index >= 15 is 0 Å². The van der Waals surface area contributed by atoms with Crippen LogP contribution in [0.3, 0.4) is 0 Å². The molecule has 2 saturated heterocycles. The maximum atomic E-state index is 12.5. The molecule has 2 aliphatic heterocycles. The molecule has 0 saturated carbocycles. The van der Waals surface area contributed by atoms with Gasteiger partial charge in [0.2, 0.25) is 5.95 Å². The molecule has 1 N–H and O–H groups in total. The Morgan fingerprint density at radius 3 is 3.00 bits per heavy atom. The maximum Gasteiger partial charge on any atom is 0.270 e. The van der Waals surface area contributed by atoms with Gasteiger partial charge in [0, 0.05) is 38.6 Å². The summed E-state index contributed by atoms with van der Waals surface area (Å²) < 4.78 is 6.15. The fraction of sp³-hybridized carbons (Fsp3) is 0.471. The molecule has 2 aromatic heterocycles. The van der Waals surface area contributed by atoms with E-state index in [0.717, 1.165) is 19.4 Å². The highest BCUT2D eigenvalue weighted by atomic mass is 16.5. The van der Waals surface area contributed by atoms with E-state index in [1.54, 1.807) is 18.6 Å². The summed E-state index contributed by atoms with van der Waals surface area (Å²) in [4.78, 5) is 28.0. The summed E-state index contributed by atoms with van der Waals surface area (Å²) in [5.74, 6) is 0.754. The summed E-state index contributed by atoms with van der Waals surface area (Å²) in [5.41, 5.74) is 0.395. The van der Waals surface area contributed by atoms with Gasteiger partial charge >= 0.3 is 0 Å². The fourth-order valence-electron chi connectivity index (χ4n) is 3.64. The van der Waals surface area contributed by atoms with Crippen LogP contribution < -0.4 is 4.90 Å². The molecular weight excluding hydrogens is 306 g/mol. The Labute approximate surface area is 140 Å². The van der Waals surface area contributed by atoms with Crippen molar-refractivity contribution in [1.82, 2.24) is 19.9 Å². The van der Waals surface area contributed by atoms with Crippen LogP contribution in [-0.4, -0.2) is 64.1 Å². The molecule has 2 atom stereocenters. The number of H-pyrrole nitrogens is 1. The van der Waals surface area contributed by atoms with Crippen molar-refractivity contribution < 1.29 is 9.53 Å². The van der Waals surface area contributed by atoms with Gasteiger partial charge < -0.3 is 19.5 Å². The average Bonchev–Trinajstić information content (AvgIpc) is 3.37. The van der Waals surface area contributed by atoms with Crippen LogP contribution in [-0.2, 0) is 4.74 Å². The van der Waals surface area contributed by atoms with Crippen molar-refractivity contribution in [3.05, 3.63) is 42.5 Å². The van der Waals surface area contributed by atoms with Crippen molar-refractivity contribution in [1.29, 1.82) is 0 Å². The summed E-state index contributed by atoms with van der Waals surface area (Å²) in [6.45, 7) is 2.01. The normalized spacial score (nSPS) is 26.2. The maximum absolute atomic E-state index is 12.5. The molecule has 24 heavy (non-hydrogen) atoms. The van der Waals surface area contributed by atoms with E-state index < -0.39 is 0 Å². The van der Waals surface area contributed by atoms with Crippen LogP contribution >= 0.6 is 0 Å². The van der Waals surface area contributed by atoms with Crippen LogP contribution in [0, 0.1) is 0 Å². The average molecular weight is 327 g/mol. The third kappa shape index (κ3) is 2.65. The molecule has 0 radical (unpaired) electrons. The fourth-order valence-corrected chi connectivity index (χ4v) is 3.64. The standard InChI is InChI=1S/C17H21N5O2/c1-21(16-19-7-3-8-20-16)13-10-17(24-11-13)5-9-22(12-17)15(23)14-4-2-6-18-14/h2-4,6-8,13,18H,5,9-12H2,1H3/t13-,17+/m1/s1. The number of rotatable bonds is 3. The van der Waals surface area contributed by atoms with Crippen LogP contribution in [0.5, 0.6) is 0 Å². The third-order valence-corrected chi connectivity index (χ3v) is 5.04. The lowest BCUT2D eigenvalue weighted by Gasteiger charge is -2.26. The molecule has 126 valence electrons. The Morgan fingerprint density at radius 2 is 2.25 bits per heavy atom. The zero-order valence-corrected chi connectivity index (χ0v) is 13.7. The molecule has 7 heteroatoms. The predicted octanol–water partition coefficient (Wildman–Crippen LogP) is 1.31. The van der Waals surface area contributed by atoms with Crippen LogP contribution in [0.2, 0.25) is 0 Å². The lowest BCUT2D eigenvalue weighted by Crippen LogP contribution is -2.38. The van der Waals surface area contributed by atoms with E-state index in [1.807, 2.05) is 30.1 Å². The predicted molar refractivity (Wildman–Crippen MR) is 88.8 cm³/mol. The Hall–Kier alpha value is -2.41. The van der Waals surface area contributed by atoms with Crippen LogP contribution in [0.15, 0.2) is 36.8 Å². The number of aromatic amines is 1. The van der Waals surface area contributed by atoms with E-state index in [2.05, 4.69) is 19.9 Å². The SMILES string of the molecule is CN(c1ncccn1)[C@H]1CO[C@@]2(CCN(C(=O)c3ccc[nH]3)C2)C1. The van der Waals surface area contributed by atoms with Crippen molar-refractivity contribution in [3.63, 3.8) is 0 Å². The molecule has 4 rings (SSSR count). The molecular formula is C17H21N5O2. The van der Waals surface area contributed by atoms with Gasteiger partial charge in [-0.3, -0.25) is 4.79 Å². The second-order valence-electron chi connectivity index (χ2n) is 6.57. The molecule has 4 heterocycles. The smallest absolute Gasteiger partial charge is 0.270 e. The molecule has 0 aliphatic carbocycles. The molecule has 2 fully saturated rings. The molecule has 0 aromatic carbocycles. The van der Waals surface area contributed by atoms with Gasteiger partial charge in [-0.2, -0.15) is 0 Å². The van der Waals surface area contributed by atoms with Crippen molar-refractivity contribution in [2.45, 2.75) is 24.5 Å². The van der Waals surface area contributed by atoms with E-state index in [-0.39, 0.29) is 17.6 Å². The molecule has 2 aliphatic rings. The number of hydrogen-bond donors (Lipinski definition) is 1. The number of carbonyl (C=O) groups is 1. The van der Waals surface area contributed by atoms with E-state index in [4.69, 9.17) is 4.74 Å². The number of likely N-dealkylation sites (N-methyl/N-ethyl adjacent to an activating group) is 1. The Balaban J connectivity index is 1.42. The van der Waals surface area contributed by atoms with Gasteiger partial charge in [-0.25, -0.2) is 9.97 Å². The van der Waals surface area contributed by atoms with Crippen molar-refractivity contribution in [2.24, 2.45) is 0 Å². The molecule has 0 bridgehead atoms. The summed E-state index contributed by atoms with van der Waals surface area (Å²) in [5, 5.41) is 0. The first-order valence-corrected chi connectivity index (χ1v) is 8.23. The minimum absolute atomic E-state index is 0.0451. The van der Waals surface area contributed by atoms with Crippen LogP contribution in [0.1, 0.15) is 23.3 Å². The molecule has 7 nitrogen and oxygen atoms in total. The monoisotopic (exact) mass is 327 g/mol. The molecule has 0 unspecified atom stereocenters. The van der Waals surface area contributed by atoms with Gasteiger partial charge in [-0.05, 0) is 24.6 Å². The number of ether oxygens (including phenoxy) is 1. The lowest BCUT2D eigenvalue weighted by molar-refractivity contribution is 0.0123. The zero-order valence-electron chi connectivity index (χ0n) is 13.7. The Kier molecular flexibility index (Phi) is 3.72. The van der Waals surface area contributed by atoms with E-state index in [9.17, 15) is 4.79 Å². The van der Waals surface area contributed by atoms with Gasteiger partial charge in [-0.1, -0.05) is 0 Å². The zero-order chi connectivity index (χ0) is 16.6. The number of nitrogens with one attached hydrogen (secondary N) is 1. The van der Waals surface area contributed by atoms with Gasteiger partial charge in [0.05, 0.1) is 24.8 Å². The number of likely N-dealkylation sites (tertiary alicyclic amines) is 1. The molecule has 1 amide bonds. The van der Waals surface area contributed by atoms with Gasteiger partial charge in [0.1, 0.15) is 5.69 Å². The highest BCUT2D eigenvalue weighted by Gasteiger charge is 2.48. The first kappa shape index (κ1) is 15.1. The highest BCUT2D eigenvalue weighted by molar-refractivity contribution is 5.92. The second-order valence-corrected chi connectivity index (χ2v) is 6.57. The summed E-state index contributed by atoms with van der Waals surface area (Å²) in [6, 6.07) is 5.70. The topological polar surface area (TPSA) is 74.3 Å². The van der Waals surface area contributed by atoms with E-state index in [0.29, 0.717) is 24.8 Å². The number of carbonyl (C=O) groups excluding carboxylic acids is 1. The summed E-state index contributed by atoms with van der Waals surface area (Å²) >= 11 is 0. The number of hydrogen-bond acceptors (Lipinski definition) is 5. The lowest BCUT2D eigenvalue weighted by atomic mass is 9.97. The van der Waals surface area contributed by atoms with E-state index in [1.165, 1.54) is 0 Å². The Morgan fingerprint density at radius 1 is 1.42 bits per heavy atom. The van der Waals surface area contributed by atoms with Crippen LogP contribution in [0.25, 0.3) is 0 Å². The third-order valence-electron chi connectivity index (χ3n) is 5.04. The number of nitrogens with zero attached hydrogens (tertiary/aromatic N) is 4. The number of aromatic nitrogens is 3. The van der Waals surface area contributed by atoms with Crippen molar-refractivity contribution >= 4 is 11.9 Å². The quantitative estimate of drug-likeness (QED) is 0.920. The minimum atomic E-state index is -0.240. The summed E-state index contributed by atoms with van der Waals surface area (Å²) in [7, 11) is 2.00. The highest BCUT2D eigenvalue weighted by Crippen LogP contribution is 2.37. The molecule has 1 spiro atoms.